The molecule has 1 aromatic heterocycles. The van der Waals surface area contributed by atoms with E-state index in [0.29, 0.717) is 23.4 Å². The summed E-state index contributed by atoms with van der Waals surface area (Å²) >= 11 is 0. The topological polar surface area (TPSA) is 74.8 Å². The van der Waals surface area contributed by atoms with Crippen molar-refractivity contribution in [3.05, 3.63) is 66.4 Å². The van der Waals surface area contributed by atoms with Gasteiger partial charge in [-0.15, -0.1) is 0 Å². The number of piperazine rings is 1. The van der Waals surface area contributed by atoms with Crippen molar-refractivity contribution >= 4 is 20.9 Å². The van der Waals surface area contributed by atoms with Crippen LogP contribution in [0.5, 0.6) is 5.75 Å². The molecule has 0 unspecified atom stereocenters. The number of rotatable bonds is 10. The number of nitrogens with one attached hydrogen (secondary N) is 1. The summed E-state index contributed by atoms with van der Waals surface area (Å²) in [4.78, 5) is 9.39. The maximum Gasteiger partial charge on any atom is 0.241 e. The van der Waals surface area contributed by atoms with Gasteiger partial charge in [0, 0.05) is 57.4 Å². The third-order valence-corrected chi connectivity index (χ3v) is 7.56. The lowest BCUT2D eigenvalue weighted by molar-refractivity contribution is 0.128. The highest BCUT2D eigenvalue weighted by molar-refractivity contribution is 7.89. The minimum atomic E-state index is -3.59. The fourth-order valence-corrected chi connectivity index (χ4v) is 5.39. The molecule has 4 rings (SSSR count). The monoisotopic (exact) mass is 468 g/mol. The second-order valence-corrected chi connectivity index (χ2v) is 10.1. The molecule has 2 aromatic carbocycles. The molecule has 33 heavy (non-hydrogen) atoms. The quantitative estimate of drug-likeness (QED) is 0.461. The first kappa shape index (κ1) is 23.6. The Kier molecular flexibility index (Phi) is 7.93. The molecule has 0 atom stereocenters. The van der Waals surface area contributed by atoms with E-state index in [4.69, 9.17) is 4.74 Å². The number of benzene rings is 2. The van der Waals surface area contributed by atoms with Crippen molar-refractivity contribution in [3.8, 4) is 5.75 Å². The van der Waals surface area contributed by atoms with Gasteiger partial charge in [-0.3, -0.25) is 9.88 Å². The number of aromatic nitrogens is 1. The van der Waals surface area contributed by atoms with Crippen LogP contribution in [0.25, 0.3) is 10.9 Å². The molecule has 1 aliphatic heterocycles. The third-order valence-electron chi connectivity index (χ3n) is 6.04. The second-order valence-electron chi connectivity index (χ2n) is 8.38. The van der Waals surface area contributed by atoms with Gasteiger partial charge in [-0.1, -0.05) is 24.3 Å². The molecule has 0 spiro atoms. The first-order valence-corrected chi connectivity index (χ1v) is 13.0. The number of nitrogens with zero attached hydrogens (tertiary/aromatic N) is 3. The van der Waals surface area contributed by atoms with Gasteiger partial charge in [0.05, 0.1) is 17.0 Å². The zero-order valence-corrected chi connectivity index (χ0v) is 19.9. The highest BCUT2D eigenvalue weighted by atomic mass is 32.2. The summed E-state index contributed by atoms with van der Waals surface area (Å²) < 4.78 is 34.4. The minimum Gasteiger partial charge on any atom is -0.494 e. The number of para-hydroxylation sites is 1. The van der Waals surface area contributed by atoms with Gasteiger partial charge < -0.3 is 9.64 Å². The Morgan fingerprint density at radius 3 is 2.42 bits per heavy atom. The van der Waals surface area contributed by atoms with Gasteiger partial charge in [0.2, 0.25) is 10.0 Å². The summed E-state index contributed by atoms with van der Waals surface area (Å²) in [6, 6.07) is 17.0. The maximum absolute atomic E-state index is 12.9. The molecule has 7 nitrogen and oxygen atoms in total. The molecule has 1 aliphatic rings. The minimum absolute atomic E-state index is 0.291. The first-order chi connectivity index (χ1) is 16.0. The molecule has 8 heteroatoms. The van der Waals surface area contributed by atoms with E-state index < -0.39 is 10.0 Å². The summed E-state index contributed by atoms with van der Waals surface area (Å²) in [5, 5.41) is 0.662. The lowest BCUT2D eigenvalue weighted by Gasteiger charge is -2.34. The molecular formula is C25H32N4O3S. The van der Waals surface area contributed by atoms with Gasteiger partial charge in [-0.05, 0) is 49.2 Å². The van der Waals surface area contributed by atoms with Crippen molar-refractivity contribution in [2.24, 2.45) is 0 Å². The average molecular weight is 469 g/mol. The van der Waals surface area contributed by atoms with Crippen molar-refractivity contribution in [1.82, 2.24) is 19.5 Å². The zero-order valence-electron chi connectivity index (χ0n) is 19.1. The van der Waals surface area contributed by atoms with Crippen LogP contribution in [0.15, 0.2) is 65.7 Å². The second kappa shape index (κ2) is 11.1. The lowest BCUT2D eigenvalue weighted by Crippen LogP contribution is -2.48. The predicted octanol–water partition coefficient (Wildman–Crippen LogP) is 2.91. The molecule has 1 N–H and O–H groups in total. The highest BCUT2D eigenvalue weighted by Gasteiger charge is 2.20. The number of hydrogen-bond donors (Lipinski definition) is 1. The molecule has 176 valence electrons. The van der Waals surface area contributed by atoms with Gasteiger partial charge in [0.25, 0.3) is 0 Å². The Morgan fingerprint density at radius 1 is 0.939 bits per heavy atom. The number of sulfonamides is 1. The standard InChI is InChI=1S/C25H32N4O3S/c1-21-10-11-24(23-9-5-12-26-25(21)23)33(30,31)27-13-15-29-18-16-28(17-19-29)14-6-20-32-22-7-3-2-4-8-22/h2-5,7-12,27H,6,13-20H2,1H3. The van der Waals surface area contributed by atoms with Crippen LogP contribution < -0.4 is 9.46 Å². The Labute approximate surface area is 196 Å². The van der Waals surface area contributed by atoms with Crippen LogP contribution in [-0.4, -0.2) is 75.6 Å². The molecule has 0 aliphatic carbocycles. The van der Waals surface area contributed by atoms with E-state index in [1.165, 1.54) is 0 Å². The number of aryl methyl sites for hydroxylation is 1. The molecule has 1 fully saturated rings. The largest absolute Gasteiger partial charge is 0.494 e. The summed E-state index contributed by atoms with van der Waals surface area (Å²) in [7, 11) is -3.59. The summed E-state index contributed by atoms with van der Waals surface area (Å²) in [5.41, 5.74) is 1.69. The number of ether oxygens (including phenoxy) is 1. The van der Waals surface area contributed by atoms with Gasteiger partial charge in [-0.25, -0.2) is 13.1 Å². The molecule has 1 saturated heterocycles. The number of fused-ring (bicyclic) bond motifs is 1. The van der Waals surface area contributed by atoms with Crippen LogP contribution in [0.2, 0.25) is 0 Å². The first-order valence-electron chi connectivity index (χ1n) is 11.5. The van der Waals surface area contributed by atoms with Gasteiger partial charge >= 0.3 is 0 Å². The number of hydrogen-bond acceptors (Lipinski definition) is 6. The van der Waals surface area contributed by atoms with Crippen molar-refractivity contribution in [1.29, 1.82) is 0 Å². The van der Waals surface area contributed by atoms with E-state index in [1.54, 1.807) is 18.3 Å². The smallest absolute Gasteiger partial charge is 0.241 e. The molecule has 0 radical (unpaired) electrons. The van der Waals surface area contributed by atoms with E-state index in [0.717, 1.165) is 62.6 Å². The molecule has 0 saturated carbocycles. The zero-order chi connectivity index (χ0) is 23.1. The normalized spacial score (nSPS) is 15.7. The van der Waals surface area contributed by atoms with E-state index in [-0.39, 0.29) is 0 Å². The van der Waals surface area contributed by atoms with Crippen LogP contribution in [-0.2, 0) is 10.0 Å². The number of pyridine rings is 1. The van der Waals surface area contributed by atoms with E-state index >= 15 is 0 Å². The average Bonchev–Trinajstić information content (AvgIpc) is 2.83. The van der Waals surface area contributed by atoms with Crippen molar-refractivity contribution in [2.45, 2.75) is 18.2 Å². The third kappa shape index (κ3) is 6.29. The fraction of sp³-hybridized carbons (Fsp3) is 0.400. The molecule has 0 bridgehead atoms. The lowest BCUT2D eigenvalue weighted by atomic mass is 10.1. The van der Waals surface area contributed by atoms with E-state index in [9.17, 15) is 8.42 Å². The van der Waals surface area contributed by atoms with Crippen LogP contribution >= 0.6 is 0 Å². The molecule has 3 aromatic rings. The van der Waals surface area contributed by atoms with Crippen LogP contribution in [0, 0.1) is 6.92 Å². The van der Waals surface area contributed by atoms with Crippen molar-refractivity contribution in [2.75, 3.05) is 52.4 Å². The Bertz CT molecular complexity index is 1150. The van der Waals surface area contributed by atoms with Crippen LogP contribution in [0.4, 0.5) is 0 Å². The maximum atomic E-state index is 12.9. The Hall–Kier alpha value is -2.52. The Balaban J connectivity index is 1.19. The summed E-state index contributed by atoms with van der Waals surface area (Å²) in [6.07, 6.45) is 2.68. The SMILES string of the molecule is Cc1ccc(S(=O)(=O)NCCN2CCN(CCCOc3ccccc3)CC2)c2cccnc12. The predicted molar refractivity (Wildman–Crippen MR) is 131 cm³/mol. The van der Waals surface area contributed by atoms with Crippen molar-refractivity contribution in [3.63, 3.8) is 0 Å². The van der Waals surface area contributed by atoms with Gasteiger partial charge in [0.1, 0.15) is 5.75 Å². The molecule has 2 heterocycles. The summed E-state index contributed by atoms with van der Waals surface area (Å²) in [5.74, 6) is 0.916. The summed E-state index contributed by atoms with van der Waals surface area (Å²) in [6.45, 7) is 8.64. The Morgan fingerprint density at radius 2 is 1.67 bits per heavy atom. The van der Waals surface area contributed by atoms with E-state index in [2.05, 4.69) is 19.5 Å². The van der Waals surface area contributed by atoms with Crippen molar-refractivity contribution < 1.29 is 13.2 Å². The van der Waals surface area contributed by atoms with Gasteiger partial charge in [-0.2, -0.15) is 0 Å². The van der Waals surface area contributed by atoms with Crippen LogP contribution in [0.3, 0.4) is 0 Å². The molecule has 0 amide bonds. The van der Waals surface area contributed by atoms with Crippen LogP contribution in [0.1, 0.15) is 12.0 Å². The highest BCUT2D eigenvalue weighted by Crippen LogP contribution is 2.24. The van der Waals surface area contributed by atoms with E-state index in [1.807, 2.05) is 49.4 Å². The van der Waals surface area contributed by atoms with Gasteiger partial charge in [0.15, 0.2) is 0 Å². The molecular weight excluding hydrogens is 436 g/mol. The fourth-order valence-electron chi connectivity index (χ4n) is 4.17.